The van der Waals surface area contributed by atoms with Gasteiger partial charge in [0.1, 0.15) is 10.4 Å². The monoisotopic (exact) mass is 307 g/mol. The molecular formula is C14H18BrN3. The molecule has 0 spiro atoms. The van der Waals surface area contributed by atoms with E-state index in [4.69, 9.17) is 0 Å². The second-order valence-corrected chi connectivity index (χ2v) is 4.72. The number of rotatable bonds is 2. The number of anilines is 1. The van der Waals surface area contributed by atoms with Crippen LogP contribution in [0.1, 0.15) is 18.1 Å². The molecule has 2 aromatic rings. The molecule has 0 aliphatic rings. The first-order valence-electron chi connectivity index (χ1n) is 5.86. The lowest BCUT2D eigenvalue weighted by Gasteiger charge is -2.00. The summed E-state index contributed by atoms with van der Waals surface area (Å²) in [7, 11) is 0. The fourth-order valence-corrected chi connectivity index (χ4v) is 1.44. The molecule has 0 fully saturated rings. The van der Waals surface area contributed by atoms with Crippen molar-refractivity contribution in [3.63, 3.8) is 0 Å². The first-order valence-corrected chi connectivity index (χ1v) is 6.65. The minimum atomic E-state index is 0.892. The molecule has 2 heterocycles. The summed E-state index contributed by atoms with van der Waals surface area (Å²) >= 11 is 3.23. The van der Waals surface area contributed by atoms with Crippen LogP contribution < -0.4 is 5.32 Å². The van der Waals surface area contributed by atoms with E-state index in [0.717, 1.165) is 17.0 Å². The first kappa shape index (κ1) is 14.6. The van der Waals surface area contributed by atoms with E-state index in [1.807, 2.05) is 50.5 Å². The van der Waals surface area contributed by atoms with Crippen molar-refractivity contribution in [2.75, 3.05) is 11.9 Å². The largest absolute Gasteiger partial charge is 0.370 e. The Morgan fingerprint density at radius 3 is 2.00 bits per heavy atom. The van der Waals surface area contributed by atoms with Crippen LogP contribution in [0.3, 0.4) is 0 Å². The first-order chi connectivity index (χ1) is 8.61. The summed E-state index contributed by atoms with van der Waals surface area (Å²) in [6, 6.07) is 7.97. The molecule has 0 aliphatic heterocycles. The average molecular weight is 308 g/mol. The van der Waals surface area contributed by atoms with Crippen molar-refractivity contribution in [1.82, 2.24) is 9.97 Å². The summed E-state index contributed by atoms with van der Waals surface area (Å²) in [5.41, 5.74) is 2.38. The van der Waals surface area contributed by atoms with Gasteiger partial charge in [0.25, 0.3) is 0 Å². The zero-order chi connectivity index (χ0) is 13.4. The quantitative estimate of drug-likeness (QED) is 0.853. The Kier molecular flexibility index (Phi) is 6.36. The number of aromatic nitrogens is 2. The number of nitrogens with one attached hydrogen (secondary N) is 1. The maximum Gasteiger partial charge on any atom is 0.125 e. The van der Waals surface area contributed by atoms with Gasteiger partial charge in [0.05, 0.1) is 0 Å². The zero-order valence-corrected chi connectivity index (χ0v) is 12.5. The molecule has 1 N–H and O–H groups in total. The van der Waals surface area contributed by atoms with Gasteiger partial charge in [-0.15, -0.1) is 0 Å². The lowest BCUT2D eigenvalue weighted by molar-refractivity contribution is 1.15. The van der Waals surface area contributed by atoms with Gasteiger partial charge in [-0.05, 0) is 60.0 Å². The predicted molar refractivity (Wildman–Crippen MR) is 79.8 cm³/mol. The van der Waals surface area contributed by atoms with Crippen molar-refractivity contribution >= 4 is 21.7 Å². The maximum atomic E-state index is 4.16. The number of hydrogen-bond donors (Lipinski definition) is 1. The standard InChI is InChI=1S/C8H12N2.C6H6BrN/c1-3-9-8-5-4-7(2)6-10-8;1-5-2-3-6(7)8-4-5/h4-6H,3H2,1-2H3,(H,9,10);2-4H,1H3. The lowest BCUT2D eigenvalue weighted by atomic mass is 10.3. The Labute approximate surface area is 117 Å². The highest BCUT2D eigenvalue weighted by atomic mass is 79.9. The van der Waals surface area contributed by atoms with Gasteiger partial charge in [-0.3, -0.25) is 0 Å². The number of nitrogens with zero attached hydrogens (tertiary/aromatic N) is 2. The summed E-state index contributed by atoms with van der Waals surface area (Å²) in [6.07, 6.45) is 3.68. The van der Waals surface area contributed by atoms with Crippen LogP contribution in [0.5, 0.6) is 0 Å². The van der Waals surface area contributed by atoms with Crippen molar-refractivity contribution in [2.45, 2.75) is 20.8 Å². The van der Waals surface area contributed by atoms with Gasteiger partial charge in [-0.2, -0.15) is 0 Å². The molecule has 0 amide bonds. The molecular weight excluding hydrogens is 290 g/mol. The number of aryl methyl sites for hydroxylation is 2. The molecule has 3 nitrogen and oxygen atoms in total. The van der Waals surface area contributed by atoms with Gasteiger partial charge in [0, 0.05) is 18.9 Å². The van der Waals surface area contributed by atoms with Crippen molar-refractivity contribution < 1.29 is 0 Å². The molecule has 2 rings (SSSR count). The molecule has 0 bridgehead atoms. The van der Waals surface area contributed by atoms with E-state index in [0.29, 0.717) is 0 Å². The van der Waals surface area contributed by atoms with Crippen LogP contribution >= 0.6 is 15.9 Å². The van der Waals surface area contributed by atoms with Gasteiger partial charge in [-0.1, -0.05) is 12.1 Å². The van der Waals surface area contributed by atoms with Crippen molar-refractivity contribution in [3.05, 3.63) is 52.4 Å². The molecule has 0 radical (unpaired) electrons. The Balaban J connectivity index is 0.000000184. The number of hydrogen-bond acceptors (Lipinski definition) is 3. The van der Waals surface area contributed by atoms with Crippen LogP contribution in [-0.4, -0.2) is 16.5 Å². The molecule has 0 unspecified atom stereocenters. The molecule has 0 saturated heterocycles. The van der Waals surface area contributed by atoms with E-state index in [-0.39, 0.29) is 0 Å². The van der Waals surface area contributed by atoms with Gasteiger partial charge in [-0.25, -0.2) is 9.97 Å². The molecule has 0 saturated carbocycles. The fraction of sp³-hybridized carbons (Fsp3) is 0.286. The van der Waals surface area contributed by atoms with Gasteiger partial charge in [0.15, 0.2) is 0 Å². The smallest absolute Gasteiger partial charge is 0.125 e. The third-order valence-electron chi connectivity index (χ3n) is 2.14. The Morgan fingerprint density at radius 2 is 1.61 bits per heavy atom. The number of halogens is 1. The van der Waals surface area contributed by atoms with E-state index < -0.39 is 0 Å². The minimum Gasteiger partial charge on any atom is -0.370 e. The predicted octanol–water partition coefficient (Wildman–Crippen LogP) is 3.97. The Hall–Kier alpha value is -1.42. The van der Waals surface area contributed by atoms with Crippen molar-refractivity contribution in [3.8, 4) is 0 Å². The van der Waals surface area contributed by atoms with Gasteiger partial charge in [0.2, 0.25) is 0 Å². The summed E-state index contributed by atoms with van der Waals surface area (Å²) in [6.45, 7) is 7.03. The normalized spacial score (nSPS) is 9.33. The van der Waals surface area contributed by atoms with Crippen molar-refractivity contribution in [2.24, 2.45) is 0 Å². The zero-order valence-electron chi connectivity index (χ0n) is 10.9. The summed E-state index contributed by atoms with van der Waals surface area (Å²) in [5.74, 6) is 0.952. The highest BCUT2D eigenvalue weighted by molar-refractivity contribution is 9.10. The molecule has 4 heteroatoms. The third-order valence-corrected chi connectivity index (χ3v) is 2.61. The highest BCUT2D eigenvalue weighted by Crippen LogP contribution is 2.04. The van der Waals surface area contributed by atoms with Crippen LogP contribution in [-0.2, 0) is 0 Å². The fourth-order valence-electron chi connectivity index (χ4n) is 1.20. The molecule has 0 aromatic carbocycles. The topological polar surface area (TPSA) is 37.8 Å². The van der Waals surface area contributed by atoms with Crippen LogP contribution in [0, 0.1) is 13.8 Å². The van der Waals surface area contributed by atoms with E-state index in [2.05, 4.69) is 38.1 Å². The van der Waals surface area contributed by atoms with Crippen molar-refractivity contribution in [1.29, 1.82) is 0 Å². The van der Waals surface area contributed by atoms with Crippen LogP contribution in [0.15, 0.2) is 41.3 Å². The lowest BCUT2D eigenvalue weighted by Crippen LogP contribution is -1.98. The van der Waals surface area contributed by atoms with Gasteiger partial charge >= 0.3 is 0 Å². The van der Waals surface area contributed by atoms with E-state index in [9.17, 15) is 0 Å². The highest BCUT2D eigenvalue weighted by Gasteiger charge is 1.87. The minimum absolute atomic E-state index is 0.892. The third kappa shape index (κ3) is 5.77. The van der Waals surface area contributed by atoms with Crippen LogP contribution in [0.4, 0.5) is 5.82 Å². The van der Waals surface area contributed by atoms with Crippen LogP contribution in [0.25, 0.3) is 0 Å². The second-order valence-electron chi connectivity index (χ2n) is 3.91. The molecule has 18 heavy (non-hydrogen) atoms. The van der Waals surface area contributed by atoms with Gasteiger partial charge < -0.3 is 5.32 Å². The SMILES string of the molecule is CCNc1ccc(C)cn1.Cc1ccc(Br)nc1. The Morgan fingerprint density at radius 1 is 1.00 bits per heavy atom. The van der Waals surface area contributed by atoms with E-state index in [1.165, 1.54) is 11.1 Å². The number of pyridine rings is 2. The molecule has 0 aliphatic carbocycles. The average Bonchev–Trinajstić information content (AvgIpc) is 2.37. The summed E-state index contributed by atoms with van der Waals surface area (Å²) < 4.78 is 0.892. The summed E-state index contributed by atoms with van der Waals surface area (Å²) in [4.78, 5) is 8.15. The second kappa shape index (κ2) is 7.82. The molecule has 96 valence electrons. The van der Waals surface area contributed by atoms with E-state index in [1.54, 1.807) is 0 Å². The summed E-state index contributed by atoms with van der Waals surface area (Å²) in [5, 5.41) is 3.12. The maximum absolute atomic E-state index is 4.16. The van der Waals surface area contributed by atoms with Crippen LogP contribution in [0.2, 0.25) is 0 Å². The molecule has 0 atom stereocenters. The Bertz CT molecular complexity index is 430. The van der Waals surface area contributed by atoms with E-state index >= 15 is 0 Å². The molecule has 2 aromatic heterocycles.